The van der Waals surface area contributed by atoms with Crippen molar-refractivity contribution in [1.29, 1.82) is 0 Å². The molecular weight excluding hydrogens is 1930 g/mol. The van der Waals surface area contributed by atoms with Crippen molar-refractivity contribution in [1.82, 2.24) is 66.7 Å². The van der Waals surface area contributed by atoms with Crippen molar-refractivity contribution in [3.05, 3.63) is 237 Å². The predicted molar refractivity (Wildman–Crippen MR) is 533 cm³/mol. The maximum atomic E-state index is 15.4. The van der Waals surface area contributed by atoms with E-state index < -0.39 is 183 Å². The molecule has 10 aromatic rings. The summed E-state index contributed by atoms with van der Waals surface area (Å²) in [4.78, 5) is 140. The molecule has 0 radical (unpaired) electrons. The van der Waals surface area contributed by atoms with Crippen LogP contribution in [0.5, 0.6) is 23.0 Å². The van der Waals surface area contributed by atoms with Crippen LogP contribution in [0.3, 0.4) is 0 Å². The van der Waals surface area contributed by atoms with Gasteiger partial charge in [-0.15, -0.1) is 22.7 Å². The second-order valence-corrected chi connectivity index (χ2v) is 37.1. The third kappa shape index (κ3) is 30.3. The Morgan fingerprint density at radius 2 is 1.15 bits per heavy atom. The first-order valence-electron chi connectivity index (χ1n) is 47.1. The molecule has 4 aromatic heterocycles. The molecule has 2 aliphatic rings. The Bertz CT molecular complexity index is 5780. The average molecular weight is 2060 g/mol. The molecule has 19 atom stereocenters. The molecular formula is C99H126N20O25S2. The Hall–Kier alpha value is -13.6. The molecule has 6 heterocycles. The highest BCUT2D eigenvalue weighted by atomic mass is 32.1. The molecule has 6 aromatic carbocycles. The fourth-order valence-electron chi connectivity index (χ4n) is 16.1. The number of aromatic nitrogens is 6. The van der Waals surface area contributed by atoms with E-state index in [2.05, 4.69) is 85.6 Å². The summed E-state index contributed by atoms with van der Waals surface area (Å²) in [6.07, 6.45) is -24.5. The van der Waals surface area contributed by atoms with Gasteiger partial charge in [0.05, 0.1) is 66.5 Å². The molecule has 45 nitrogen and oxygen atoms in total. The standard InChI is InChI=1S/C99H126N20O25S2/c1-53-77(113-90(116-88(53)102)64(41-74(101)123)108-42-63(100)89(103)129)94(133)115-79(85(65-43-105-52-109-65)142-98-87(83(127)81(125)72(44-120)141-98)143-97-84(128)86(144-99(104)135)82(126)73(45-121)140-97)95(134)110-55(3)80(124)54(2)91(130)114-78(56(4)122)93(132)107-36-33-75-111-67(51-145-75)96-112-66(50-146-96)92(131)106-35-20-37-117(5)38-34-76(118(6)61-29-31-68(136-46-57-21-12-8-13-22-57)70(39-61)138-48-59-25-16-10-17-26-59)119(7)62-30-32-69(137-47-58-23-14-9-15-24-58)71(40-62)139-49-60-27-18-11-19-28-60/h8-19,21-32,39-40,43,50-52,54-56,63-64,72-73,76,78-87,97-98,108,120-122,124-128H,20,33-38,41-42,44-49,100H2,1-7H3,(H2,101,123)(H2,103,129)(H2,104,135)(H,105,109)(H,106,131)(H,107,132)(H,110,134)(H,114,130)(H,115,133)(H2,102,113,116). The number of ether oxygens (including phenoxy) is 9. The number of aliphatic hydroxyl groups excluding tert-OH is 8. The summed E-state index contributed by atoms with van der Waals surface area (Å²) in [7, 11) is 6.17. The van der Waals surface area contributed by atoms with Gasteiger partial charge >= 0.3 is 6.09 Å². The average Bonchev–Trinajstić information content (AvgIpc) is 1.28. The number of anilines is 3. The van der Waals surface area contributed by atoms with Crippen molar-refractivity contribution < 1.29 is 122 Å². The highest BCUT2D eigenvalue weighted by Crippen LogP contribution is 2.40. The molecule has 0 bridgehead atoms. The third-order valence-corrected chi connectivity index (χ3v) is 26.3. The van der Waals surface area contributed by atoms with Crippen molar-refractivity contribution in [3.8, 4) is 33.7 Å². The van der Waals surface area contributed by atoms with Crippen LogP contribution in [-0.2, 0) is 80.5 Å². The number of rotatable bonds is 54. The van der Waals surface area contributed by atoms with Crippen LogP contribution in [-0.4, -0.2) is 294 Å². The monoisotopic (exact) mass is 2060 g/mol. The van der Waals surface area contributed by atoms with Gasteiger partial charge in [-0.05, 0) is 93.7 Å². The minimum Gasteiger partial charge on any atom is -0.485 e. The van der Waals surface area contributed by atoms with E-state index in [-0.39, 0.29) is 60.2 Å². The number of hydrogen-bond donors (Lipinski definition) is 20. The van der Waals surface area contributed by atoms with E-state index >= 15 is 9.59 Å². The number of benzene rings is 6. The summed E-state index contributed by atoms with van der Waals surface area (Å²) < 4.78 is 55.1. The third-order valence-electron chi connectivity index (χ3n) is 24.5. The van der Waals surface area contributed by atoms with E-state index in [4.69, 9.17) is 76.3 Å². The highest BCUT2D eigenvalue weighted by Gasteiger charge is 2.54. The number of nitrogen functional groups attached to an aromatic ring is 1. The fourth-order valence-corrected chi connectivity index (χ4v) is 17.7. The van der Waals surface area contributed by atoms with Gasteiger partial charge < -0.3 is 164 Å². The summed E-state index contributed by atoms with van der Waals surface area (Å²) in [5.74, 6) is -6.58. The second-order valence-electron chi connectivity index (χ2n) is 35.3. The zero-order chi connectivity index (χ0) is 105. The Morgan fingerprint density at radius 3 is 1.68 bits per heavy atom. The Balaban J connectivity index is 0.677. The fraction of sp³-hybridized carbons (Fsp3) is 0.424. The van der Waals surface area contributed by atoms with Crippen LogP contribution in [0.4, 0.5) is 22.0 Å². The number of hydrogen-bond acceptors (Lipinski definition) is 38. The predicted octanol–water partition coefficient (Wildman–Crippen LogP) is 1.66. The van der Waals surface area contributed by atoms with Gasteiger partial charge in [-0.2, -0.15) is 0 Å². The Morgan fingerprint density at radius 1 is 0.589 bits per heavy atom. The van der Waals surface area contributed by atoms with Crippen molar-refractivity contribution in [3.63, 3.8) is 0 Å². The molecule has 12 rings (SSSR count). The van der Waals surface area contributed by atoms with Crippen molar-refractivity contribution in [2.24, 2.45) is 28.9 Å². The highest BCUT2D eigenvalue weighted by molar-refractivity contribution is 7.14. The lowest BCUT2D eigenvalue weighted by molar-refractivity contribution is -0.372. The number of carbonyl (C=O) groups excluding carboxylic acids is 8. The van der Waals surface area contributed by atoms with E-state index in [1.807, 2.05) is 165 Å². The molecule has 2 saturated heterocycles. The van der Waals surface area contributed by atoms with Gasteiger partial charge in [-0.3, -0.25) is 33.6 Å². The van der Waals surface area contributed by atoms with Gasteiger partial charge in [0.2, 0.25) is 29.5 Å². The second kappa shape index (κ2) is 53.5. The summed E-state index contributed by atoms with van der Waals surface area (Å²) >= 11 is 2.48. The van der Waals surface area contributed by atoms with Crippen molar-refractivity contribution in [2.45, 2.75) is 196 Å². The van der Waals surface area contributed by atoms with Gasteiger partial charge in [-0.25, -0.2) is 29.7 Å². The number of aromatic amines is 1. The van der Waals surface area contributed by atoms with Gasteiger partial charge in [0.25, 0.3) is 11.8 Å². The molecule has 47 heteroatoms. The number of nitrogens with zero attached hydrogens (tertiary/aromatic N) is 8. The van der Waals surface area contributed by atoms with Gasteiger partial charge in [0.15, 0.2) is 41.7 Å². The molecule has 19 unspecified atom stereocenters. The first-order valence-corrected chi connectivity index (χ1v) is 48.9. The summed E-state index contributed by atoms with van der Waals surface area (Å²) in [6, 6.07) is 43.8. The zero-order valence-corrected chi connectivity index (χ0v) is 82.9. The van der Waals surface area contributed by atoms with Gasteiger partial charge in [0.1, 0.15) is 127 Å². The van der Waals surface area contributed by atoms with E-state index in [0.717, 1.165) is 46.2 Å². The molecule has 0 spiro atoms. The first-order chi connectivity index (χ1) is 70.0. The Kier molecular flexibility index (Phi) is 40.7. The number of primary amides is 3. The largest absolute Gasteiger partial charge is 0.485 e. The molecule has 8 amide bonds. The zero-order valence-electron chi connectivity index (χ0n) is 81.3. The van der Waals surface area contributed by atoms with E-state index in [1.54, 1.807) is 10.8 Å². The number of nitrogens with one attached hydrogen (secondary N) is 7. The maximum absolute atomic E-state index is 15.4. The van der Waals surface area contributed by atoms with E-state index in [1.165, 1.54) is 50.4 Å². The van der Waals surface area contributed by atoms with Crippen LogP contribution in [0.1, 0.15) is 117 Å². The normalized spacial score (nSPS) is 19.6. The smallest absolute Gasteiger partial charge is 0.404 e. The number of thiazole rings is 2. The molecule has 25 N–H and O–H groups in total. The lowest BCUT2D eigenvalue weighted by atomic mass is 9.96. The van der Waals surface area contributed by atoms with Crippen molar-refractivity contribution >= 4 is 87.3 Å². The van der Waals surface area contributed by atoms with Gasteiger partial charge in [0, 0.05) is 99.1 Å². The molecule has 2 fully saturated rings. The lowest BCUT2D eigenvalue weighted by Crippen LogP contribution is -2.65. The van der Waals surface area contributed by atoms with Crippen LogP contribution in [0.15, 0.2) is 181 Å². The quantitative estimate of drug-likeness (QED) is 0.0190. The van der Waals surface area contributed by atoms with E-state index in [0.29, 0.717) is 97.6 Å². The Labute approximate surface area is 849 Å². The number of amides is 8. The number of aliphatic hydroxyl groups is 8. The molecule has 0 aliphatic carbocycles. The van der Waals surface area contributed by atoms with Crippen LogP contribution < -0.4 is 89.3 Å². The van der Waals surface area contributed by atoms with Crippen LogP contribution in [0.25, 0.3) is 10.7 Å². The van der Waals surface area contributed by atoms with E-state index in [9.17, 15) is 69.6 Å². The summed E-state index contributed by atoms with van der Waals surface area (Å²) in [5.41, 5.74) is 33.9. The van der Waals surface area contributed by atoms with Crippen LogP contribution in [0, 0.1) is 12.8 Å². The summed E-state index contributed by atoms with van der Waals surface area (Å²) in [5, 5.41) is 110. The maximum Gasteiger partial charge on any atom is 0.404 e. The van der Waals surface area contributed by atoms with Crippen LogP contribution in [0.2, 0.25) is 0 Å². The number of nitrogens with two attached hydrogens (primary N) is 5. The minimum absolute atomic E-state index is 0.0534. The number of H-pyrrole nitrogens is 1. The SMILES string of the molecule is Cc1c(N)nc(C(CC(N)=O)NCC(N)C(N)=O)nc1C(=O)NC(C(=O)NC(C)C(O)C(C)C(=O)NC(C(=O)NCCc1nc(-c2nc(C(=O)NCCCN(C)CCC(N(C)c3ccc(OCc4ccccc4)c(OCc4ccccc4)c3)N(C)c3ccc(OCc4ccccc4)c(OCc4ccccc4)c3)cs2)cs1)C(C)O)C(OC1OC(CO)C(O)C(O)C1OC1OC(CO)C(O)C(OC(N)=O)C1O)c1c[nH]cn1. The topological polar surface area (TPSA) is 674 Å². The molecule has 0 saturated carbocycles. The number of carbonyl (C=O) groups is 8. The van der Waals surface area contributed by atoms with Gasteiger partial charge in [-0.1, -0.05) is 128 Å². The molecule has 146 heavy (non-hydrogen) atoms. The molecule has 2 aliphatic heterocycles. The first kappa shape index (κ1) is 111. The number of imidazole rings is 1. The van der Waals surface area contributed by atoms with Crippen LogP contribution >= 0.6 is 22.7 Å². The molecule has 784 valence electrons. The van der Waals surface area contributed by atoms with Crippen molar-refractivity contribution in [2.75, 3.05) is 82.6 Å². The summed E-state index contributed by atoms with van der Waals surface area (Å²) in [6.45, 7) is 5.47. The lowest BCUT2D eigenvalue weighted by Gasteiger charge is -2.47. The minimum atomic E-state index is -2.22.